The highest BCUT2D eigenvalue weighted by atomic mass is 32.1. The Morgan fingerprint density at radius 1 is 0.356 bits per heavy atom. The van der Waals surface area contributed by atoms with E-state index in [1.54, 1.807) is 35.6 Å². The van der Waals surface area contributed by atoms with E-state index < -0.39 is 24.2 Å². The minimum absolute atomic E-state index is 0.205. The van der Waals surface area contributed by atoms with Crippen LogP contribution in [0.5, 0.6) is 0 Å². The second-order valence-corrected chi connectivity index (χ2v) is 12.1. The molecule has 1 heteroatoms. The van der Waals surface area contributed by atoms with Crippen molar-refractivity contribution in [1.29, 1.82) is 0 Å². The van der Waals surface area contributed by atoms with Crippen LogP contribution in [0.25, 0.3) is 86.2 Å². The van der Waals surface area contributed by atoms with E-state index in [0.29, 0.717) is 22.3 Å². The van der Waals surface area contributed by atoms with Crippen molar-refractivity contribution in [2.24, 2.45) is 0 Å². The van der Waals surface area contributed by atoms with Gasteiger partial charge < -0.3 is 0 Å². The third kappa shape index (κ3) is 4.20. The van der Waals surface area contributed by atoms with Gasteiger partial charge in [-0.05, 0) is 78.2 Å². The molecule has 9 rings (SSSR count). The maximum absolute atomic E-state index is 9.24. The molecule has 9 aromatic rings. The maximum atomic E-state index is 9.24. The van der Waals surface area contributed by atoms with Gasteiger partial charge in [-0.15, -0.1) is 11.3 Å². The second kappa shape index (κ2) is 10.6. The van der Waals surface area contributed by atoms with E-state index in [9.17, 15) is 2.74 Å². The van der Waals surface area contributed by atoms with Crippen molar-refractivity contribution in [3.05, 3.63) is 170 Å². The largest absolute Gasteiger partial charge is 0.135 e. The summed E-state index contributed by atoms with van der Waals surface area (Å²) in [5.41, 5.74) is 5.99. The van der Waals surface area contributed by atoms with Gasteiger partial charge in [0.15, 0.2) is 0 Å². The molecular weight excluding hydrogens is 561 g/mol. The molecule has 0 fully saturated rings. The minimum Gasteiger partial charge on any atom is -0.135 e. The molecule has 0 aliphatic heterocycles. The highest BCUT2D eigenvalue weighted by Gasteiger charge is 2.19. The van der Waals surface area contributed by atoms with Crippen LogP contribution < -0.4 is 0 Å². The Kier molecular flexibility index (Phi) is 4.47. The topological polar surface area (TPSA) is 0 Å². The van der Waals surface area contributed by atoms with Gasteiger partial charge in [-0.25, -0.2) is 0 Å². The van der Waals surface area contributed by atoms with Crippen LogP contribution in [0.2, 0.25) is 0 Å². The van der Waals surface area contributed by atoms with E-state index in [4.69, 9.17) is 8.22 Å². The minimum atomic E-state index is -0.414. The Morgan fingerprint density at radius 2 is 0.822 bits per heavy atom. The molecule has 210 valence electrons. The second-order valence-electron chi connectivity index (χ2n) is 11.0. The lowest BCUT2D eigenvalue weighted by atomic mass is 9.85. The summed E-state index contributed by atoms with van der Waals surface area (Å²) in [5, 5.41) is 3.13. The van der Waals surface area contributed by atoms with Crippen LogP contribution >= 0.6 is 11.3 Å². The van der Waals surface area contributed by atoms with E-state index in [0.717, 1.165) is 37.7 Å². The lowest BCUT2D eigenvalue weighted by Crippen LogP contribution is -1.91. The fourth-order valence-electron chi connectivity index (χ4n) is 6.59. The highest BCUT2D eigenvalue weighted by molar-refractivity contribution is 7.26. The van der Waals surface area contributed by atoms with Crippen LogP contribution in [0.4, 0.5) is 0 Å². The molecule has 0 N–H and O–H groups in total. The van der Waals surface area contributed by atoms with Crippen LogP contribution in [0, 0.1) is 0 Å². The van der Waals surface area contributed by atoms with Crippen molar-refractivity contribution in [1.82, 2.24) is 0 Å². The zero-order valence-corrected chi connectivity index (χ0v) is 24.8. The van der Waals surface area contributed by atoms with Gasteiger partial charge in [-0.2, -0.15) is 0 Å². The van der Waals surface area contributed by atoms with Crippen LogP contribution in [0.15, 0.2) is 170 Å². The Balaban J connectivity index is 1.41. The molecule has 0 saturated carbocycles. The van der Waals surface area contributed by atoms with E-state index >= 15 is 0 Å². The van der Waals surface area contributed by atoms with Gasteiger partial charge in [0, 0.05) is 20.2 Å². The molecule has 0 aliphatic rings. The molecule has 45 heavy (non-hydrogen) atoms. The summed E-state index contributed by atoms with van der Waals surface area (Å²) < 4.78 is 73.9. The molecule has 8 aromatic carbocycles. The monoisotopic (exact) mass is 596 g/mol. The fraction of sp³-hybridized carbons (Fsp3) is 0. The van der Waals surface area contributed by atoms with Crippen molar-refractivity contribution in [3.8, 4) is 44.5 Å². The van der Waals surface area contributed by atoms with Crippen LogP contribution in [0.1, 0.15) is 11.0 Å². The van der Waals surface area contributed by atoms with Crippen LogP contribution in [-0.4, -0.2) is 0 Å². The Labute approximate surface area is 277 Å². The van der Waals surface area contributed by atoms with Gasteiger partial charge in [-0.3, -0.25) is 0 Å². The van der Waals surface area contributed by atoms with Crippen molar-refractivity contribution in [2.75, 3.05) is 0 Å². The predicted octanol–water partition coefficient (Wildman–Crippen LogP) is 13.0. The van der Waals surface area contributed by atoms with Crippen LogP contribution in [-0.2, 0) is 0 Å². The third-order valence-corrected chi connectivity index (χ3v) is 9.66. The fourth-order valence-corrected chi connectivity index (χ4v) is 7.70. The van der Waals surface area contributed by atoms with Gasteiger partial charge in [0.1, 0.15) is 0 Å². The summed E-state index contributed by atoms with van der Waals surface area (Å²) in [6, 6.07) is 37.1. The Bertz CT molecular complexity index is 2870. The van der Waals surface area contributed by atoms with Crippen molar-refractivity contribution < 1.29 is 11.0 Å². The van der Waals surface area contributed by atoms with E-state index in [1.807, 2.05) is 54.6 Å². The van der Waals surface area contributed by atoms with Gasteiger partial charge >= 0.3 is 0 Å². The zero-order chi connectivity index (χ0) is 36.7. The van der Waals surface area contributed by atoms with Crippen molar-refractivity contribution in [2.45, 2.75) is 0 Å². The third-order valence-electron chi connectivity index (χ3n) is 8.53. The lowest BCUT2D eigenvalue weighted by molar-refractivity contribution is 1.61. The number of thiophene rings is 1. The highest BCUT2D eigenvalue weighted by Crippen LogP contribution is 2.47. The molecule has 0 unspecified atom stereocenters. The summed E-state index contributed by atoms with van der Waals surface area (Å²) in [6.45, 7) is 0. The number of benzene rings is 8. The van der Waals surface area contributed by atoms with Gasteiger partial charge in [-0.1, -0.05) is 158 Å². The lowest BCUT2D eigenvalue weighted by Gasteiger charge is -2.18. The average molecular weight is 597 g/mol. The molecule has 1 heterocycles. The SMILES string of the molecule is [2H]c1c([2H])c([2H])c2c(-c3ccc(-c4c(-c5ccccc5)ccc5sc6ccccc6c45)cc3)c3c([2H])c([2H])c([2H])c([2H])c3c(-c3ccccc3)c2c1[2H]. The Hall–Kier alpha value is -5.50. The molecule has 0 bridgehead atoms. The molecule has 0 atom stereocenters. The number of hydrogen-bond acceptors (Lipinski definition) is 1. The quantitative estimate of drug-likeness (QED) is 0.177. The molecule has 1 aromatic heterocycles. The smallest absolute Gasteiger partial charge is 0.0629 e. The molecular formula is C44H28S. The standard InChI is InChI=1S/C44H28S/c1-3-13-29(14-4-1)33-27-28-40-44(38-21-11-12-22-39(38)45-40)43(33)32-25-23-31(24-26-32)42-36-19-9-7-17-34(36)41(30-15-5-2-6-16-30)35-18-8-10-20-37(35)42/h1-28H/i7D,8D,9D,10D,17D,18D,19D,20D. The van der Waals surface area contributed by atoms with E-state index in [-0.39, 0.29) is 45.7 Å². The summed E-state index contributed by atoms with van der Waals surface area (Å²) in [4.78, 5) is 0. The molecule has 0 saturated heterocycles. The van der Waals surface area contributed by atoms with E-state index in [2.05, 4.69) is 42.5 Å². The summed E-state index contributed by atoms with van der Waals surface area (Å²) in [6.07, 6.45) is 0. The normalized spacial score (nSPS) is 14.0. The van der Waals surface area contributed by atoms with Gasteiger partial charge in [0.2, 0.25) is 0 Å². The first-order valence-electron chi connectivity index (χ1n) is 18.8. The van der Waals surface area contributed by atoms with Gasteiger partial charge in [0.25, 0.3) is 0 Å². The molecule has 0 nitrogen and oxygen atoms in total. The summed E-state index contributed by atoms with van der Waals surface area (Å²) in [7, 11) is 0. The summed E-state index contributed by atoms with van der Waals surface area (Å²) in [5.74, 6) is 0. The van der Waals surface area contributed by atoms with Crippen molar-refractivity contribution >= 4 is 53.1 Å². The molecule has 0 aliphatic carbocycles. The molecule has 0 amide bonds. The number of rotatable bonds is 4. The van der Waals surface area contributed by atoms with Gasteiger partial charge in [0.05, 0.1) is 11.0 Å². The van der Waals surface area contributed by atoms with E-state index in [1.165, 1.54) is 4.70 Å². The predicted molar refractivity (Wildman–Crippen MR) is 196 cm³/mol. The first-order valence-corrected chi connectivity index (χ1v) is 15.6. The van der Waals surface area contributed by atoms with Crippen LogP contribution in [0.3, 0.4) is 0 Å². The first kappa shape index (κ1) is 19.0. The van der Waals surface area contributed by atoms with Crippen molar-refractivity contribution in [3.63, 3.8) is 0 Å². The zero-order valence-electron chi connectivity index (χ0n) is 32.0. The maximum Gasteiger partial charge on any atom is 0.0629 e. The molecule has 0 radical (unpaired) electrons. The average Bonchev–Trinajstić information content (AvgIpc) is 3.58. The Morgan fingerprint density at radius 3 is 1.40 bits per heavy atom. The first-order chi connectivity index (χ1) is 25.7. The number of fused-ring (bicyclic) bond motifs is 5. The number of hydrogen-bond donors (Lipinski definition) is 0. The summed E-state index contributed by atoms with van der Waals surface area (Å²) >= 11 is 1.74. The molecule has 0 spiro atoms.